The van der Waals surface area contributed by atoms with E-state index in [0.29, 0.717) is 10.1 Å². The Kier molecular flexibility index (Phi) is 6.02. The Morgan fingerprint density at radius 1 is 1.00 bits per heavy atom. The van der Waals surface area contributed by atoms with Crippen molar-refractivity contribution in [1.29, 1.82) is 0 Å². The summed E-state index contributed by atoms with van der Waals surface area (Å²) in [6, 6.07) is 23.8. The predicted octanol–water partition coefficient (Wildman–Crippen LogP) is 6.33. The molecule has 0 bridgehead atoms. The van der Waals surface area contributed by atoms with Crippen molar-refractivity contribution < 1.29 is 4.74 Å². The largest absolute Gasteiger partial charge is 0.495 e. The zero-order valence-corrected chi connectivity index (χ0v) is 20.8. The number of ether oxygens (including phenoxy) is 1. The van der Waals surface area contributed by atoms with E-state index in [0.717, 1.165) is 34.2 Å². The molecule has 2 aromatic carbocycles. The maximum atomic E-state index is 6.15. The number of thiocarbonyl (C=S) groups is 1. The van der Waals surface area contributed by atoms with Crippen LogP contribution in [0.1, 0.15) is 34.7 Å². The summed E-state index contributed by atoms with van der Waals surface area (Å²) in [7, 11) is 1.68. The Balaban J connectivity index is 1.70. The maximum Gasteiger partial charge on any atom is 0.174 e. The van der Waals surface area contributed by atoms with Crippen LogP contribution in [-0.2, 0) is 0 Å². The fourth-order valence-corrected chi connectivity index (χ4v) is 5.30. The van der Waals surface area contributed by atoms with Crippen LogP contribution in [0.15, 0.2) is 79.0 Å². The minimum absolute atomic E-state index is 0.119. The smallest absolute Gasteiger partial charge is 0.174 e. The minimum atomic E-state index is -0.127. The van der Waals surface area contributed by atoms with Crippen molar-refractivity contribution >= 4 is 34.6 Å². The van der Waals surface area contributed by atoms with Crippen LogP contribution in [0.3, 0.4) is 0 Å². The topological polar surface area (TPSA) is 42.3 Å². The van der Waals surface area contributed by atoms with Crippen molar-refractivity contribution in [3.63, 3.8) is 0 Å². The van der Waals surface area contributed by atoms with Crippen LogP contribution in [0.2, 0.25) is 5.02 Å². The number of aromatic nitrogens is 2. The first-order valence-corrected chi connectivity index (χ1v) is 11.9. The molecule has 34 heavy (non-hydrogen) atoms. The molecule has 0 unspecified atom stereocenters. The van der Waals surface area contributed by atoms with Gasteiger partial charge >= 0.3 is 0 Å². The third-order valence-electron chi connectivity index (χ3n) is 6.32. The number of halogens is 1. The summed E-state index contributed by atoms with van der Waals surface area (Å²) < 4.78 is 7.96. The molecule has 2 atom stereocenters. The lowest BCUT2D eigenvalue weighted by atomic mass is 9.96. The van der Waals surface area contributed by atoms with Gasteiger partial charge in [0.25, 0.3) is 0 Å². The van der Waals surface area contributed by atoms with Crippen molar-refractivity contribution in [2.45, 2.75) is 25.9 Å². The number of methoxy groups -OCH3 is 1. The van der Waals surface area contributed by atoms with Crippen molar-refractivity contribution in [3.05, 3.63) is 107 Å². The number of hydrogen-bond acceptors (Lipinski definition) is 3. The molecular formula is C27H25ClN4OS. The first-order chi connectivity index (χ1) is 16.5. The highest BCUT2D eigenvalue weighted by Gasteiger charge is 2.43. The zero-order valence-electron chi connectivity index (χ0n) is 19.2. The van der Waals surface area contributed by atoms with Crippen LogP contribution in [0.4, 0.5) is 5.69 Å². The molecule has 1 fully saturated rings. The summed E-state index contributed by atoms with van der Waals surface area (Å²) in [5.41, 5.74) is 6.36. The number of aryl methyl sites for hydroxylation is 1. The molecule has 1 aliphatic rings. The molecule has 0 aliphatic carbocycles. The summed E-state index contributed by atoms with van der Waals surface area (Å²) in [6.45, 7) is 4.27. The zero-order chi connectivity index (χ0) is 23.8. The first kappa shape index (κ1) is 22.4. The molecule has 5 nitrogen and oxygen atoms in total. The molecule has 2 aromatic heterocycles. The molecule has 7 heteroatoms. The highest BCUT2D eigenvalue weighted by atomic mass is 35.5. The van der Waals surface area contributed by atoms with E-state index < -0.39 is 0 Å². The van der Waals surface area contributed by atoms with E-state index in [1.54, 1.807) is 7.11 Å². The molecule has 0 spiro atoms. The lowest BCUT2D eigenvalue weighted by Gasteiger charge is -2.29. The van der Waals surface area contributed by atoms with Crippen molar-refractivity contribution in [2.24, 2.45) is 0 Å². The van der Waals surface area contributed by atoms with Crippen LogP contribution < -0.4 is 15.0 Å². The van der Waals surface area contributed by atoms with Gasteiger partial charge in [0.2, 0.25) is 0 Å². The van der Waals surface area contributed by atoms with E-state index in [-0.39, 0.29) is 12.1 Å². The summed E-state index contributed by atoms with van der Waals surface area (Å²) in [4.78, 5) is 6.82. The number of hydrogen-bond donors (Lipinski definition) is 1. The van der Waals surface area contributed by atoms with Gasteiger partial charge in [0.15, 0.2) is 5.11 Å². The molecule has 3 heterocycles. The Bertz CT molecular complexity index is 1340. The van der Waals surface area contributed by atoms with Crippen LogP contribution in [0.5, 0.6) is 5.75 Å². The van der Waals surface area contributed by atoms with E-state index in [1.807, 2.05) is 72.9 Å². The first-order valence-electron chi connectivity index (χ1n) is 11.1. The van der Waals surface area contributed by atoms with Gasteiger partial charge in [-0.05, 0) is 86.2 Å². The van der Waals surface area contributed by atoms with Gasteiger partial charge in [-0.25, -0.2) is 0 Å². The van der Waals surface area contributed by atoms with Gasteiger partial charge in [-0.1, -0.05) is 29.8 Å². The second kappa shape index (κ2) is 9.12. The third-order valence-corrected chi connectivity index (χ3v) is 6.88. The molecule has 1 saturated heterocycles. The number of anilines is 1. The quantitative estimate of drug-likeness (QED) is 0.332. The Hall–Kier alpha value is -3.35. The number of nitrogens with zero attached hydrogens (tertiary/aromatic N) is 3. The summed E-state index contributed by atoms with van der Waals surface area (Å²) in [5, 5.41) is 4.89. The molecule has 1 aliphatic heterocycles. The summed E-state index contributed by atoms with van der Waals surface area (Å²) >= 11 is 12.0. The van der Waals surface area contributed by atoms with Gasteiger partial charge in [-0.15, -0.1) is 0 Å². The summed E-state index contributed by atoms with van der Waals surface area (Å²) in [6.07, 6.45) is 1.82. The fourth-order valence-electron chi connectivity index (χ4n) is 4.83. The third kappa shape index (κ3) is 3.83. The van der Waals surface area contributed by atoms with Crippen LogP contribution in [0.25, 0.3) is 5.69 Å². The van der Waals surface area contributed by atoms with Gasteiger partial charge in [-0.2, -0.15) is 0 Å². The molecule has 1 N–H and O–H groups in total. The lowest BCUT2D eigenvalue weighted by Crippen LogP contribution is -2.30. The second-order valence-corrected chi connectivity index (χ2v) is 9.13. The molecule has 172 valence electrons. The van der Waals surface area contributed by atoms with Crippen LogP contribution >= 0.6 is 23.8 Å². The highest BCUT2D eigenvalue weighted by molar-refractivity contribution is 7.80. The van der Waals surface area contributed by atoms with Crippen LogP contribution in [-0.4, -0.2) is 21.8 Å². The van der Waals surface area contributed by atoms with Crippen molar-refractivity contribution in [2.75, 3.05) is 12.0 Å². The Morgan fingerprint density at radius 2 is 1.74 bits per heavy atom. The van der Waals surface area contributed by atoms with E-state index in [9.17, 15) is 0 Å². The minimum Gasteiger partial charge on any atom is -0.495 e. The number of pyridine rings is 1. The monoisotopic (exact) mass is 488 g/mol. The number of benzene rings is 2. The molecule has 0 amide bonds. The lowest BCUT2D eigenvalue weighted by molar-refractivity contribution is 0.414. The molecule has 0 radical (unpaired) electrons. The SMILES string of the molecule is COc1ccccc1N1C(=S)N[C@@H](c2ccccn2)[C@H]1c1cc(C)n(-c2ccc(Cl)cc2)c1C. The molecular weight excluding hydrogens is 464 g/mol. The maximum absolute atomic E-state index is 6.15. The number of nitrogens with one attached hydrogen (secondary N) is 1. The Morgan fingerprint density at radius 3 is 2.44 bits per heavy atom. The van der Waals surface area contributed by atoms with Gasteiger partial charge in [-0.3, -0.25) is 4.98 Å². The molecule has 0 saturated carbocycles. The summed E-state index contributed by atoms with van der Waals surface area (Å²) in [5.74, 6) is 0.768. The fraction of sp³-hybridized carbons (Fsp3) is 0.185. The van der Waals surface area contributed by atoms with Crippen molar-refractivity contribution in [1.82, 2.24) is 14.9 Å². The van der Waals surface area contributed by atoms with E-state index in [1.165, 1.54) is 5.56 Å². The second-order valence-electron chi connectivity index (χ2n) is 8.31. The molecule has 5 rings (SSSR count). The number of para-hydroxylation sites is 2. The van der Waals surface area contributed by atoms with Gasteiger partial charge in [0.05, 0.1) is 30.6 Å². The van der Waals surface area contributed by atoms with E-state index in [2.05, 4.69) is 39.7 Å². The number of rotatable bonds is 5. The van der Waals surface area contributed by atoms with Crippen LogP contribution in [0, 0.1) is 13.8 Å². The van der Waals surface area contributed by atoms with Crippen molar-refractivity contribution in [3.8, 4) is 11.4 Å². The van der Waals surface area contributed by atoms with Gasteiger partial charge in [0, 0.05) is 28.3 Å². The normalized spacial score (nSPS) is 17.6. The molecule has 4 aromatic rings. The average Bonchev–Trinajstić information content (AvgIpc) is 3.35. The highest BCUT2D eigenvalue weighted by Crippen LogP contribution is 2.46. The Labute approximate surface area is 210 Å². The average molecular weight is 489 g/mol. The van der Waals surface area contributed by atoms with Gasteiger partial charge in [0.1, 0.15) is 5.75 Å². The standard InChI is InChI=1S/C27H25ClN4OS/c1-17-16-21(18(2)31(17)20-13-11-19(28)12-14-20)26-25(22-8-6-7-15-29-22)30-27(34)32(26)23-9-4-5-10-24(23)33-3/h4-16,25-26H,1-3H3,(H,30,34)/t25-,26+/m0/s1. The van der Waals surface area contributed by atoms with E-state index >= 15 is 0 Å². The predicted molar refractivity (Wildman–Crippen MR) is 141 cm³/mol. The van der Waals surface area contributed by atoms with Gasteiger partial charge < -0.3 is 19.5 Å². The van der Waals surface area contributed by atoms with E-state index in [4.69, 9.17) is 28.6 Å².